The summed E-state index contributed by atoms with van der Waals surface area (Å²) in [5, 5.41) is 17.0. The number of nitrogens with zero attached hydrogens (tertiary/aromatic N) is 3. The summed E-state index contributed by atoms with van der Waals surface area (Å²) in [6.45, 7) is 29.0. The highest BCUT2D eigenvalue weighted by atomic mass is 32.2. The zero-order chi connectivity index (χ0) is 31.0. The molecule has 0 bridgehead atoms. The van der Waals surface area contributed by atoms with Crippen molar-refractivity contribution >= 4 is 35.1 Å². The number of aliphatic imine (C=N–C) groups is 1. The van der Waals surface area contributed by atoms with Crippen molar-refractivity contribution in [3.8, 4) is 12.6 Å². The second kappa shape index (κ2) is 17.8. The monoisotopic (exact) mass is 553 g/mol. The van der Waals surface area contributed by atoms with E-state index in [4.69, 9.17) is 15.0 Å². The molecule has 2 fully saturated rings. The Labute approximate surface area is 243 Å². The number of ketones is 1. The maximum atomic E-state index is 12.9. The van der Waals surface area contributed by atoms with Gasteiger partial charge in [-0.2, -0.15) is 5.26 Å². The predicted molar refractivity (Wildman–Crippen MR) is 169 cm³/mol. The van der Waals surface area contributed by atoms with Gasteiger partial charge in [-0.25, -0.2) is 10.3 Å². The lowest BCUT2D eigenvalue weighted by Gasteiger charge is -2.32. The van der Waals surface area contributed by atoms with Crippen LogP contribution in [0.25, 0.3) is 5.70 Å². The molecular weight excluding hydrogens is 502 g/mol. The number of hydrogen-bond donors (Lipinski definition) is 0. The van der Waals surface area contributed by atoms with Crippen LogP contribution in [-0.2, 0) is 15.0 Å². The molecule has 6 heteroatoms. The lowest BCUT2D eigenvalue weighted by atomic mass is 9.83. The molecule has 5 nitrogen and oxygen atoms in total. The third-order valence-corrected chi connectivity index (χ3v) is 7.00. The third kappa shape index (κ3) is 12.8. The van der Waals surface area contributed by atoms with Gasteiger partial charge < -0.3 is 4.79 Å². The van der Waals surface area contributed by atoms with Crippen LogP contribution in [0.15, 0.2) is 34.8 Å². The van der Waals surface area contributed by atoms with Gasteiger partial charge in [0, 0.05) is 17.9 Å². The molecule has 0 radical (unpaired) electrons. The van der Waals surface area contributed by atoms with Crippen LogP contribution in [0.2, 0.25) is 0 Å². The molecule has 1 saturated heterocycles. The van der Waals surface area contributed by atoms with Gasteiger partial charge in [-0.1, -0.05) is 107 Å². The second-order valence-electron chi connectivity index (χ2n) is 12.2. The Morgan fingerprint density at radius 3 is 1.82 bits per heavy atom. The fourth-order valence-electron chi connectivity index (χ4n) is 3.65. The van der Waals surface area contributed by atoms with E-state index in [0.717, 1.165) is 22.8 Å². The smallest absolute Gasteiger partial charge is 0.185 e. The number of hydrogen-bond acceptors (Lipinski definition) is 6. The summed E-state index contributed by atoms with van der Waals surface area (Å²) in [5.41, 5.74) is 3.79. The van der Waals surface area contributed by atoms with E-state index < -0.39 is 0 Å². The normalized spacial score (nSPS) is 18.1. The molecule has 0 N–H and O–H groups in total. The Balaban J connectivity index is 0. The molecule has 0 aromatic heterocycles. The molecule has 4 rings (SSSR count). The number of fused-ring (bicyclic) bond motifs is 1. The van der Waals surface area contributed by atoms with Gasteiger partial charge in [-0.15, -0.1) is 11.8 Å². The number of benzene rings is 1. The van der Waals surface area contributed by atoms with Crippen LogP contribution in [0, 0.1) is 39.9 Å². The van der Waals surface area contributed by atoms with Crippen LogP contribution in [0.1, 0.15) is 113 Å². The van der Waals surface area contributed by atoms with E-state index in [-0.39, 0.29) is 22.7 Å². The predicted octanol–water partition coefficient (Wildman–Crippen LogP) is 9.18. The van der Waals surface area contributed by atoms with Crippen LogP contribution in [0.4, 0.5) is 0 Å². The van der Waals surface area contributed by atoms with Gasteiger partial charge in [0.1, 0.15) is 18.4 Å². The van der Waals surface area contributed by atoms with E-state index in [1.165, 1.54) is 24.8 Å². The van der Waals surface area contributed by atoms with Crippen molar-refractivity contribution in [2.75, 3.05) is 5.75 Å². The Morgan fingerprint density at radius 2 is 1.46 bits per heavy atom. The first-order valence-electron chi connectivity index (χ1n) is 13.8. The summed E-state index contributed by atoms with van der Waals surface area (Å²) in [7, 11) is 0. The van der Waals surface area contributed by atoms with Crippen molar-refractivity contribution in [3.05, 3.63) is 41.0 Å². The molecule has 0 amide bonds. The fourth-order valence-corrected chi connectivity index (χ4v) is 5.06. The van der Waals surface area contributed by atoms with Crippen LogP contribution >= 0.6 is 11.8 Å². The summed E-state index contributed by atoms with van der Waals surface area (Å²) in [4.78, 5) is 25.7. The summed E-state index contributed by atoms with van der Waals surface area (Å²) in [6.07, 6.45) is 4.55. The standard InChI is InChI=1S/C21H22N2OS.C5H12.C3H8.C2H6.CHN.CH2O/c1-20(2,3)14-6-4-13(5-7-14)17-16(11-22)18(24)15-10-21(8-9-21)12-25-19(15)23-17;1-5(2,3)4;1-3-2;3*1-2/h4-7,15H,8-10,12H2,1-3H3;1-4H3;3H2,1-2H3;1-2H3;1H;1H2. The highest BCUT2D eigenvalue weighted by molar-refractivity contribution is 8.14. The largest absolute Gasteiger partial charge is 0.307 e. The number of rotatable bonds is 1. The van der Waals surface area contributed by atoms with Crippen molar-refractivity contribution in [3.63, 3.8) is 0 Å². The SMILES string of the molecule is C#N.C=O.CC.CC(C)(C)C.CC(C)(C)c1ccc(C2=C(C#N)C(=O)C3CC4(CC4)CSC3=N2)cc1.CCC. The number of thioether (sulfide) groups is 1. The van der Waals surface area contributed by atoms with Gasteiger partial charge in [0.15, 0.2) is 5.78 Å². The number of allylic oxidation sites excluding steroid dienone is 1. The van der Waals surface area contributed by atoms with Gasteiger partial charge in [-0.3, -0.25) is 4.79 Å². The van der Waals surface area contributed by atoms with Crippen LogP contribution in [-0.4, -0.2) is 23.4 Å². The quantitative estimate of drug-likeness (QED) is 0.345. The van der Waals surface area contributed by atoms with Crippen LogP contribution < -0.4 is 0 Å². The molecule has 1 unspecified atom stereocenters. The number of Topliss-reactive ketones (excluding diaryl/α,β-unsaturated/α-hetero) is 1. The third-order valence-electron chi connectivity index (χ3n) is 5.58. The van der Waals surface area contributed by atoms with E-state index in [2.05, 4.69) is 87.1 Å². The Morgan fingerprint density at radius 1 is 1.03 bits per heavy atom. The van der Waals surface area contributed by atoms with Crippen molar-refractivity contribution < 1.29 is 9.59 Å². The molecule has 1 atom stereocenters. The number of nitriles is 2. The molecule has 1 aromatic carbocycles. The molecule has 1 aliphatic carbocycles. The molecule has 216 valence electrons. The van der Waals surface area contributed by atoms with Gasteiger partial charge in [-0.05, 0) is 41.1 Å². The van der Waals surface area contributed by atoms with E-state index in [1.54, 1.807) is 11.8 Å². The first-order chi connectivity index (χ1) is 18.2. The Kier molecular flexibility index (Phi) is 17.5. The summed E-state index contributed by atoms with van der Waals surface area (Å²) >= 11 is 1.72. The van der Waals surface area contributed by atoms with Gasteiger partial charge in [0.2, 0.25) is 0 Å². The van der Waals surface area contributed by atoms with Crippen molar-refractivity contribution in [2.24, 2.45) is 21.7 Å². The lowest BCUT2D eigenvalue weighted by Crippen LogP contribution is -2.34. The highest BCUT2D eigenvalue weighted by Crippen LogP contribution is 2.57. The molecule has 39 heavy (non-hydrogen) atoms. The number of carbonyl (C=O) groups excluding carboxylic acids is 2. The average molecular weight is 554 g/mol. The molecule has 3 aliphatic rings. The minimum absolute atomic E-state index is 0.0270. The van der Waals surface area contributed by atoms with E-state index in [1.807, 2.05) is 32.8 Å². The summed E-state index contributed by atoms with van der Waals surface area (Å²) < 4.78 is 0. The molecule has 2 aliphatic heterocycles. The molecule has 1 aromatic rings. The Hall–Kier alpha value is -2.70. The average Bonchev–Trinajstić information content (AvgIpc) is 3.65. The Bertz CT molecular complexity index is 1010. The molecule has 2 heterocycles. The van der Waals surface area contributed by atoms with E-state index in [0.29, 0.717) is 16.5 Å². The zero-order valence-electron chi connectivity index (χ0n) is 26.3. The summed E-state index contributed by atoms with van der Waals surface area (Å²) in [6, 6.07) is 10.3. The first-order valence-corrected chi connectivity index (χ1v) is 14.8. The minimum Gasteiger partial charge on any atom is -0.307 e. The highest BCUT2D eigenvalue weighted by Gasteiger charge is 2.51. The van der Waals surface area contributed by atoms with Crippen molar-refractivity contribution in [2.45, 2.75) is 107 Å². The van der Waals surface area contributed by atoms with Gasteiger partial charge in [0.25, 0.3) is 0 Å². The lowest BCUT2D eigenvalue weighted by molar-refractivity contribution is -0.117. The molecule has 1 saturated carbocycles. The molecular formula is C33H51N3O2S. The van der Waals surface area contributed by atoms with Crippen LogP contribution in [0.5, 0.6) is 0 Å². The first kappa shape index (κ1) is 38.4. The van der Waals surface area contributed by atoms with Crippen molar-refractivity contribution in [1.29, 1.82) is 10.5 Å². The van der Waals surface area contributed by atoms with E-state index >= 15 is 0 Å². The molecule has 1 spiro atoms. The topological polar surface area (TPSA) is 94.1 Å². The maximum Gasteiger partial charge on any atom is 0.185 e. The zero-order valence-corrected chi connectivity index (χ0v) is 27.1. The fraction of sp³-hybridized carbons (Fsp3) is 0.606. The van der Waals surface area contributed by atoms with Crippen LogP contribution in [0.3, 0.4) is 0 Å². The minimum atomic E-state index is -0.187. The second-order valence-corrected chi connectivity index (χ2v) is 13.2. The number of carbonyl (C=O) groups is 2. The van der Waals surface area contributed by atoms with Gasteiger partial charge >= 0.3 is 0 Å². The van der Waals surface area contributed by atoms with E-state index in [9.17, 15) is 10.1 Å². The maximum absolute atomic E-state index is 12.9. The summed E-state index contributed by atoms with van der Waals surface area (Å²) in [5.74, 6) is 0.850. The van der Waals surface area contributed by atoms with Crippen molar-refractivity contribution in [1.82, 2.24) is 0 Å². The van der Waals surface area contributed by atoms with Gasteiger partial charge in [0.05, 0.1) is 16.7 Å².